The van der Waals surface area contributed by atoms with E-state index in [1.165, 1.54) is 25.2 Å². The van der Waals surface area contributed by atoms with Gasteiger partial charge in [-0.3, -0.25) is 0 Å². The van der Waals surface area contributed by atoms with Gasteiger partial charge in [-0.15, -0.1) is 0 Å². The molecule has 32 heavy (non-hydrogen) atoms. The molecule has 0 N–H and O–H groups in total. The molecule has 0 bridgehead atoms. The third-order valence-corrected chi connectivity index (χ3v) is 5.84. The monoisotopic (exact) mass is 467 g/mol. The molecule has 2 aromatic rings. The van der Waals surface area contributed by atoms with E-state index in [2.05, 4.69) is 9.97 Å². The van der Waals surface area contributed by atoms with Gasteiger partial charge in [-0.2, -0.15) is 0 Å². The van der Waals surface area contributed by atoms with E-state index in [0.717, 1.165) is 23.4 Å². The van der Waals surface area contributed by atoms with Crippen LogP contribution >= 0.6 is 0 Å². The second-order valence-electron chi connectivity index (χ2n) is 7.58. The number of aromatic nitrogens is 2. The Kier molecular flexibility index (Phi) is 8.54. The smallest absolute Gasteiger partial charge is 0.342 e. The number of unbranched alkanes of at least 4 members (excludes halogenated alkanes) is 1. The van der Waals surface area contributed by atoms with Crippen molar-refractivity contribution in [1.82, 2.24) is 9.97 Å². The van der Waals surface area contributed by atoms with Crippen molar-refractivity contribution in [2.45, 2.75) is 46.5 Å². The number of anilines is 1. The van der Waals surface area contributed by atoms with Crippen LogP contribution in [0.25, 0.3) is 11.3 Å². The largest absolute Gasteiger partial charge is 0.493 e. The summed E-state index contributed by atoms with van der Waals surface area (Å²) in [6.45, 7) is 7.80. The fraction of sp³-hybridized carbons (Fsp3) is 0.500. The molecule has 1 aromatic heterocycles. The summed E-state index contributed by atoms with van der Waals surface area (Å²) in [4.78, 5) is 21.7. The van der Waals surface area contributed by atoms with Crippen molar-refractivity contribution >= 4 is 21.9 Å². The molecule has 0 saturated heterocycles. The summed E-state index contributed by atoms with van der Waals surface area (Å²) in [6.07, 6.45) is 2.67. The Morgan fingerprint density at radius 2 is 1.91 bits per heavy atom. The van der Waals surface area contributed by atoms with Crippen molar-refractivity contribution in [1.29, 1.82) is 0 Å². The van der Waals surface area contributed by atoms with E-state index >= 15 is 0 Å². The van der Waals surface area contributed by atoms with Crippen molar-refractivity contribution in [3.8, 4) is 17.0 Å². The first-order chi connectivity index (χ1) is 15.0. The predicted octanol–water partition coefficient (Wildman–Crippen LogP) is 4.16. The Balaban J connectivity index is 2.87. The van der Waals surface area contributed by atoms with Crippen LogP contribution in [0.15, 0.2) is 18.2 Å². The Morgan fingerprint density at radius 3 is 2.47 bits per heavy atom. The summed E-state index contributed by atoms with van der Waals surface area (Å²) in [6, 6.07) is 3.90. The zero-order valence-corrected chi connectivity index (χ0v) is 20.1. The molecule has 0 amide bonds. The molecule has 0 aliphatic heterocycles. The lowest BCUT2D eigenvalue weighted by atomic mass is 9.98. The normalized spacial score (nSPS) is 11.5. The van der Waals surface area contributed by atoms with Gasteiger partial charge in [0.25, 0.3) is 0 Å². The molecule has 1 heterocycles. The van der Waals surface area contributed by atoms with Crippen molar-refractivity contribution < 1.29 is 27.1 Å². The maximum absolute atomic E-state index is 14.0. The van der Waals surface area contributed by atoms with E-state index in [9.17, 15) is 17.6 Å². The zero-order valence-electron chi connectivity index (χ0n) is 19.3. The summed E-state index contributed by atoms with van der Waals surface area (Å²) < 4.78 is 50.3. The number of carbonyl (C=O) groups excluding carboxylic acids is 1. The quantitative estimate of drug-likeness (QED) is 0.382. The van der Waals surface area contributed by atoms with Crippen LogP contribution in [0.1, 0.15) is 62.5 Å². The van der Waals surface area contributed by atoms with Gasteiger partial charge in [0.15, 0.2) is 0 Å². The number of hydrogen-bond donors (Lipinski definition) is 0. The minimum Gasteiger partial charge on any atom is -0.493 e. The summed E-state index contributed by atoms with van der Waals surface area (Å²) >= 11 is 0. The number of ether oxygens (including phenoxy) is 2. The van der Waals surface area contributed by atoms with Crippen LogP contribution in [-0.2, 0) is 14.8 Å². The minimum atomic E-state index is -3.67. The molecule has 0 fully saturated rings. The van der Waals surface area contributed by atoms with Gasteiger partial charge in [-0.05, 0) is 31.4 Å². The van der Waals surface area contributed by atoms with Gasteiger partial charge in [-0.1, -0.05) is 27.2 Å². The first-order valence-corrected chi connectivity index (χ1v) is 12.3. The average molecular weight is 468 g/mol. The van der Waals surface area contributed by atoms with E-state index in [4.69, 9.17) is 9.47 Å². The molecule has 0 radical (unpaired) electrons. The van der Waals surface area contributed by atoms with Crippen molar-refractivity contribution in [2.75, 3.05) is 30.8 Å². The van der Waals surface area contributed by atoms with Gasteiger partial charge in [0.2, 0.25) is 16.0 Å². The second-order valence-corrected chi connectivity index (χ2v) is 9.59. The third kappa shape index (κ3) is 5.93. The molecule has 2 rings (SSSR count). The first-order valence-electron chi connectivity index (χ1n) is 10.5. The topological polar surface area (TPSA) is 98.7 Å². The standard InChI is InChI=1S/C22H30FN3O5S/c1-7-9-12-31-17-13-15(23)10-11-16(17)20-18(21(27)30-8-2)19(14(3)4)24-22(25-20)26(5)32(6,28)29/h10-11,13-14H,7-9,12H2,1-6H3. The van der Waals surface area contributed by atoms with Crippen molar-refractivity contribution in [2.24, 2.45) is 0 Å². The first kappa shape index (κ1) is 25.5. The second kappa shape index (κ2) is 10.7. The Hall–Kier alpha value is -2.75. The van der Waals surface area contributed by atoms with Crippen LogP contribution in [0.2, 0.25) is 0 Å². The Bertz CT molecular complexity index is 1070. The van der Waals surface area contributed by atoms with E-state index in [-0.39, 0.29) is 35.5 Å². The average Bonchev–Trinajstić information content (AvgIpc) is 2.72. The number of nitrogens with zero attached hydrogens (tertiary/aromatic N) is 3. The lowest BCUT2D eigenvalue weighted by Gasteiger charge is -2.21. The van der Waals surface area contributed by atoms with E-state index in [0.29, 0.717) is 17.9 Å². The van der Waals surface area contributed by atoms with Gasteiger partial charge in [0, 0.05) is 18.7 Å². The number of carbonyl (C=O) groups is 1. The number of benzene rings is 1. The molecule has 176 valence electrons. The summed E-state index contributed by atoms with van der Waals surface area (Å²) in [7, 11) is -2.35. The van der Waals surface area contributed by atoms with Crippen LogP contribution in [0.4, 0.5) is 10.3 Å². The molecule has 0 spiro atoms. The number of rotatable bonds is 10. The number of sulfonamides is 1. The molecule has 0 aliphatic carbocycles. The van der Waals surface area contributed by atoms with Crippen LogP contribution in [0.3, 0.4) is 0 Å². The van der Waals surface area contributed by atoms with Crippen molar-refractivity contribution in [3.63, 3.8) is 0 Å². The van der Waals surface area contributed by atoms with E-state index < -0.39 is 21.8 Å². The molecule has 0 unspecified atom stereocenters. The lowest BCUT2D eigenvalue weighted by molar-refractivity contribution is 0.0524. The third-order valence-electron chi connectivity index (χ3n) is 4.68. The predicted molar refractivity (Wildman–Crippen MR) is 121 cm³/mol. The summed E-state index contributed by atoms with van der Waals surface area (Å²) in [5.41, 5.74) is 0.888. The zero-order chi connectivity index (χ0) is 24.1. The maximum atomic E-state index is 14.0. The maximum Gasteiger partial charge on any atom is 0.342 e. The minimum absolute atomic E-state index is 0.0967. The van der Waals surface area contributed by atoms with Crippen LogP contribution in [-0.4, -0.2) is 50.9 Å². The van der Waals surface area contributed by atoms with E-state index in [1.54, 1.807) is 6.92 Å². The highest BCUT2D eigenvalue weighted by atomic mass is 32.2. The van der Waals surface area contributed by atoms with Crippen LogP contribution in [0, 0.1) is 5.82 Å². The molecule has 0 atom stereocenters. The SMILES string of the molecule is CCCCOc1cc(F)ccc1-c1nc(N(C)S(C)(=O)=O)nc(C(C)C)c1C(=O)OCC. The fourth-order valence-corrected chi connectivity index (χ4v) is 3.29. The lowest BCUT2D eigenvalue weighted by Crippen LogP contribution is -2.28. The number of hydrogen-bond acceptors (Lipinski definition) is 7. The molecule has 1 aromatic carbocycles. The van der Waals surface area contributed by atoms with Gasteiger partial charge in [-0.25, -0.2) is 31.9 Å². The van der Waals surface area contributed by atoms with E-state index in [1.807, 2.05) is 20.8 Å². The summed E-state index contributed by atoms with van der Waals surface area (Å²) in [5.74, 6) is -1.32. The highest BCUT2D eigenvalue weighted by Gasteiger charge is 2.29. The van der Waals surface area contributed by atoms with Gasteiger partial charge in [0.1, 0.15) is 17.1 Å². The fourth-order valence-electron chi connectivity index (χ4n) is 2.91. The summed E-state index contributed by atoms with van der Waals surface area (Å²) in [5, 5.41) is 0. The number of halogens is 1. The van der Waals surface area contributed by atoms with Gasteiger partial charge < -0.3 is 9.47 Å². The molecule has 0 aliphatic rings. The van der Waals surface area contributed by atoms with Crippen LogP contribution < -0.4 is 9.04 Å². The highest BCUT2D eigenvalue weighted by molar-refractivity contribution is 7.92. The molecular weight excluding hydrogens is 437 g/mol. The van der Waals surface area contributed by atoms with Gasteiger partial charge >= 0.3 is 5.97 Å². The van der Waals surface area contributed by atoms with Gasteiger partial charge in [0.05, 0.1) is 30.9 Å². The van der Waals surface area contributed by atoms with Crippen molar-refractivity contribution in [3.05, 3.63) is 35.3 Å². The van der Waals surface area contributed by atoms with Crippen LogP contribution in [0.5, 0.6) is 5.75 Å². The number of esters is 1. The molecule has 8 nitrogen and oxygen atoms in total. The Morgan fingerprint density at radius 1 is 1.22 bits per heavy atom. The molecule has 10 heteroatoms. The molecular formula is C22H30FN3O5S. The highest BCUT2D eigenvalue weighted by Crippen LogP contribution is 2.36. The molecule has 0 saturated carbocycles. The Labute approximate surface area is 188 Å².